The van der Waals surface area contributed by atoms with Crippen LogP contribution in [0.2, 0.25) is 5.02 Å². The molecule has 1 aromatic carbocycles. The van der Waals surface area contributed by atoms with Crippen LogP contribution in [0.4, 0.5) is 5.82 Å². The summed E-state index contributed by atoms with van der Waals surface area (Å²) in [6.07, 6.45) is 5.08. The molecule has 28 heavy (non-hydrogen) atoms. The Hall–Kier alpha value is -2.51. The Morgan fingerprint density at radius 1 is 1.50 bits per heavy atom. The van der Waals surface area contributed by atoms with Gasteiger partial charge < -0.3 is 20.9 Å². The lowest BCUT2D eigenvalue weighted by molar-refractivity contribution is 0.295. The van der Waals surface area contributed by atoms with Crippen molar-refractivity contribution < 1.29 is 0 Å². The van der Waals surface area contributed by atoms with Crippen molar-refractivity contribution in [1.29, 1.82) is 0 Å². The van der Waals surface area contributed by atoms with Crippen molar-refractivity contribution in [2.45, 2.75) is 31.8 Å². The minimum atomic E-state index is -0.304. The summed E-state index contributed by atoms with van der Waals surface area (Å²) >= 11 is 6.18. The molecule has 1 aromatic heterocycles. The van der Waals surface area contributed by atoms with Crippen LogP contribution < -0.4 is 16.7 Å². The molecule has 1 saturated heterocycles. The number of nitrogens with two attached hydrogens (primary N) is 1. The molecule has 2 heterocycles. The van der Waals surface area contributed by atoms with E-state index in [1.54, 1.807) is 6.07 Å². The first kappa shape index (κ1) is 20.2. The lowest BCUT2D eigenvalue weighted by atomic mass is 10.1. The molecule has 0 bridgehead atoms. The monoisotopic (exact) mass is 402 g/mol. The van der Waals surface area contributed by atoms with Gasteiger partial charge in [0.1, 0.15) is 17.3 Å². The van der Waals surface area contributed by atoms with E-state index in [9.17, 15) is 4.79 Å². The molecule has 1 aliphatic heterocycles. The molecule has 0 spiro atoms. The van der Waals surface area contributed by atoms with Crippen molar-refractivity contribution in [2.24, 2.45) is 4.99 Å². The number of nitrogen functional groups attached to an aromatic ring is 1. The van der Waals surface area contributed by atoms with Gasteiger partial charge in [-0.1, -0.05) is 36.4 Å². The van der Waals surface area contributed by atoms with Crippen LogP contribution >= 0.6 is 11.6 Å². The maximum absolute atomic E-state index is 12.3. The summed E-state index contributed by atoms with van der Waals surface area (Å²) in [5.74, 6) is 0.855. The molecule has 150 valence electrons. The highest BCUT2D eigenvalue weighted by Crippen LogP contribution is 2.18. The molecule has 1 unspecified atom stereocenters. The second kappa shape index (κ2) is 9.12. The normalized spacial score (nSPS) is 17.4. The topological polar surface area (TPSA) is 91.4 Å². The number of nitrogens with one attached hydrogen (secondary N) is 2. The van der Waals surface area contributed by atoms with Crippen LogP contribution in [-0.2, 0) is 6.54 Å². The van der Waals surface area contributed by atoms with Gasteiger partial charge in [-0.05, 0) is 44.5 Å². The van der Waals surface area contributed by atoms with E-state index in [1.807, 2.05) is 18.2 Å². The Morgan fingerprint density at radius 2 is 2.29 bits per heavy atom. The van der Waals surface area contributed by atoms with Gasteiger partial charge in [-0.25, -0.2) is 9.79 Å². The minimum absolute atomic E-state index is 0.294. The number of aromatic amines is 1. The maximum atomic E-state index is 12.3. The molecule has 4 N–H and O–H groups in total. The Morgan fingerprint density at radius 3 is 3.00 bits per heavy atom. The average Bonchev–Trinajstić information content (AvgIpc) is 3.19. The van der Waals surface area contributed by atoms with Gasteiger partial charge in [0.2, 0.25) is 0 Å². The molecule has 0 aliphatic carbocycles. The van der Waals surface area contributed by atoms with Crippen molar-refractivity contribution in [1.82, 2.24) is 19.8 Å². The number of hydrogen-bond donors (Lipinski definition) is 3. The summed E-state index contributed by atoms with van der Waals surface area (Å²) in [6.45, 7) is 6.18. The third-order valence-electron chi connectivity index (χ3n) is 5.17. The molecular formula is C20H27ClN6O. The zero-order valence-corrected chi connectivity index (χ0v) is 16.9. The van der Waals surface area contributed by atoms with Crippen LogP contribution in [0.5, 0.6) is 0 Å². The number of imidazole rings is 1. The van der Waals surface area contributed by atoms with Crippen LogP contribution in [0, 0.1) is 0 Å². The van der Waals surface area contributed by atoms with Gasteiger partial charge in [-0.2, -0.15) is 0 Å². The Balaban J connectivity index is 1.59. The van der Waals surface area contributed by atoms with Crippen LogP contribution in [0.15, 0.2) is 46.5 Å². The smallest absolute Gasteiger partial charge is 0.327 e. The van der Waals surface area contributed by atoms with Crippen molar-refractivity contribution in [3.63, 3.8) is 0 Å². The fourth-order valence-corrected chi connectivity index (χ4v) is 3.66. The Bertz CT molecular complexity index is 916. The summed E-state index contributed by atoms with van der Waals surface area (Å²) in [4.78, 5) is 21.7. The van der Waals surface area contributed by atoms with Crippen LogP contribution in [0.25, 0.3) is 0 Å². The predicted octanol–water partition coefficient (Wildman–Crippen LogP) is 2.42. The van der Waals surface area contributed by atoms with Crippen molar-refractivity contribution >= 4 is 23.6 Å². The van der Waals surface area contributed by atoms with Crippen molar-refractivity contribution in [3.05, 3.63) is 63.4 Å². The molecule has 2 aromatic rings. The summed E-state index contributed by atoms with van der Waals surface area (Å²) < 4.78 is 1.44. The van der Waals surface area contributed by atoms with Gasteiger partial charge in [-0.3, -0.25) is 4.57 Å². The van der Waals surface area contributed by atoms with Gasteiger partial charge in [0, 0.05) is 17.6 Å². The van der Waals surface area contributed by atoms with E-state index in [2.05, 4.69) is 33.8 Å². The second-order valence-corrected chi connectivity index (χ2v) is 7.51. The summed E-state index contributed by atoms with van der Waals surface area (Å²) in [5.41, 5.74) is 7.10. The SMILES string of the molecule is C=C(/N=C\c1[nH]c(=O)n(Cc2ccccc2Cl)c1N)NCCC1CCCN1C. The molecule has 0 saturated carbocycles. The number of H-pyrrole nitrogens is 1. The maximum Gasteiger partial charge on any atom is 0.327 e. The number of anilines is 1. The second-order valence-electron chi connectivity index (χ2n) is 7.10. The summed E-state index contributed by atoms with van der Waals surface area (Å²) in [6, 6.07) is 7.98. The Kier molecular flexibility index (Phi) is 6.59. The third kappa shape index (κ3) is 4.85. The highest BCUT2D eigenvalue weighted by atomic mass is 35.5. The molecule has 1 fully saturated rings. The van der Waals surface area contributed by atoms with E-state index in [4.69, 9.17) is 17.3 Å². The van der Waals surface area contributed by atoms with Gasteiger partial charge >= 0.3 is 5.69 Å². The number of likely N-dealkylation sites (tertiary alicyclic amines) is 1. The predicted molar refractivity (Wildman–Crippen MR) is 115 cm³/mol. The number of hydrogen-bond acceptors (Lipinski definition) is 5. The Labute approximate surface area is 169 Å². The van der Waals surface area contributed by atoms with Gasteiger partial charge in [-0.15, -0.1) is 0 Å². The van der Waals surface area contributed by atoms with Crippen LogP contribution in [0.3, 0.4) is 0 Å². The quantitative estimate of drug-likeness (QED) is 0.591. The number of benzene rings is 1. The molecule has 0 amide bonds. The number of halogens is 1. The van der Waals surface area contributed by atoms with E-state index in [1.165, 1.54) is 30.2 Å². The van der Waals surface area contributed by atoms with Crippen LogP contribution in [-0.4, -0.2) is 46.8 Å². The number of aromatic nitrogens is 2. The third-order valence-corrected chi connectivity index (χ3v) is 5.54. The number of nitrogens with zero attached hydrogens (tertiary/aromatic N) is 3. The minimum Gasteiger partial charge on any atom is -0.383 e. The largest absolute Gasteiger partial charge is 0.383 e. The first-order valence-electron chi connectivity index (χ1n) is 9.44. The molecular weight excluding hydrogens is 376 g/mol. The van der Waals surface area contributed by atoms with Crippen molar-refractivity contribution in [3.8, 4) is 0 Å². The first-order chi connectivity index (χ1) is 13.5. The van der Waals surface area contributed by atoms with Gasteiger partial charge in [0.15, 0.2) is 0 Å². The molecule has 7 nitrogen and oxygen atoms in total. The fraction of sp³-hybridized carbons (Fsp3) is 0.400. The molecule has 1 aliphatic rings. The van der Waals surface area contributed by atoms with Crippen LogP contribution in [0.1, 0.15) is 30.5 Å². The van der Waals surface area contributed by atoms with E-state index < -0.39 is 0 Å². The summed E-state index contributed by atoms with van der Waals surface area (Å²) in [5, 5.41) is 3.81. The first-order valence-corrected chi connectivity index (χ1v) is 9.82. The molecule has 8 heteroatoms. The fourth-order valence-electron chi connectivity index (χ4n) is 3.47. The van der Waals surface area contributed by atoms with E-state index >= 15 is 0 Å². The van der Waals surface area contributed by atoms with E-state index in [-0.39, 0.29) is 5.69 Å². The lowest BCUT2D eigenvalue weighted by Gasteiger charge is -2.19. The van der Waals surface area contributed by atoms with E-state index in [0.29, 0.717) is 34.9 Å². The summed E-state index contributed by atoms with van der Waals surface area (Å²) in [7, 11) is 2.16. The van der Waals surface area contributed by atoms with Gasteiger partial charge in [0.05, 0.1) is 12.8 Å². The zero-order valence-electron chi connectivity index (χ0n) is 16.1. The zero-order chi connectivity index (χ0) is 20.1. The lowest BCUT2D eigenvalue weighted by Crippen LogP contribution is -2.28. The highest BCUT2D eigenvalue weighted by Gasteiger charge is 2.19. The molecule has 3 rings (SSSR count). The van der Waals surface area contributed by atoms with Gasteiger partial charge in [0.25, 0.3) is 0 Å². The molecule has 1 atom stereocenters. The molecule has 0 radical (unpaired) electrons. The van der Waals surface area contributed by atoms with E-state index in [0.717, 1.165) is 18.5 Å². The number of rotatable bonds is 8. The van der Waals surface area contributed by atoms with Crippen molar-refractivity contribution in [2.75, 3.05) is 25.9 Å². The average molecular weight is 403 g/mol. The standard InChI is InChI=1S/C20H27ClN6O/c1-14(23-10-9-16-7-5-11-26(16)2)24-12-18-19(22)27(20(28)25-18)13-15-6-3-4-8-17(15)21/h3-4,6,8,12,16,23H,1,5,7,9-11,13,22H2,2H3,(H,25,28)/b24-12-. The highest BCUT2D eigenvalue weighted by molar-refractivity contribution is 6.31. The number of aliphatic imine (C=N–C) groups is 1.